The van der Waals surface area contributed by atoms with Gasteiger partial charge in [0.15, 0.2) is 13.2 Å². The van der Waals surface area contributed by atoms with Gasteiger partial charge in [-0.25, -0.2) is 4.79 Å². The summed E-state index contributed by atoms with van der Waals surface area (Å²) in [6, 6.07) is 0. The van der Waals surface area contributed by atoms with Gasteiger partial charge in [-0.3, -0.25) is 0 Å². The summed E-state index contributed by atoms with van der Waals surface area (Å²) in [6.07, 6.45) is -1.03. The molecule has 0 bridgehead atoms. The maximum atomic E-state index is 12.0. The first kappa shape index (κ1) is 6.25. The molecule has 3 nitrogen and oxygen atoms in total. The van der Waals surface area contributed by atoms with Crippen molar-refractivity contribution < 1.29 is 23.0 Å². The molecule has 0 unspecified atom stereocenters. The Morgan fingerprint density at radius 2 is 1.78 bits per heavy atom. The van der Waals surface area contributed by atoms with E-state index in [9.17, 15) is 13.6 Å². The van der Waals surface area contributed by atoms with Crippen molar-refractivity contribution in [2.45, 2.75) is 5.92 Å². The Morgan fingerprint density at radius 3 is 2.11 bits per heavy atom. The Kier molecular flexibility index (Phi) is 1.27. The van der Waals surface area contributed by atoms with Gasteiger partial charge in [-0.2, -0.15) is 8.78 Å². The average molecular weight is 138 g/mol. The summed E-state index contributed by atoms with van der Waals surface area (Å²) in [5, 5.41) is 0. The van der Waals surface area contributed by atoms with Crippen LogP contribution in [0.15, 0.2) is 0 Å². The molecule has 1 heterocycles. The first-order chi connectivity index (χ1) is 4.10. The third-order valence-corrected chi connectivity index (χ3v) is 0.802. The average Bonchev–Trinajstić information content (AvgIpc) is 1.78. The number of hydrogen-bond donors (Lipinski definition) is 0. The number of ether oxygens (including phenoxy) is 2. The minimum absolute atomic E-state index is 0.869. The van der Waals surface area contributed by atoms with Crippen LogP contribution in [0.4, 0.5) is 13.6 Å². The van der Waals surface area contributed by atoms with Crippen LogP contribution in [0, 0.1) is 0 Å². The van der Waals surface area contributed by atoms with Crippen LogP contribution >= 0.6 is 0 Å². The van der Waals surface area contributed by atoms with E-state index in [1.165, 1.54) is 0 Å². The summed E-state index contributed by atoms with van der Waals surface area (Å²) in [4.78, 5) is 9.97. The van der Waals surface area contributed by atoms with Gasteiger partial charge in [0, 0.05) is 0 Å². The summed E-state index contributed by atoms with van der Waals surface area (Å²) in [5.41, 5.74) is 0. The molecule has 52 valence electrons. The van der Waals surface area contributed by atoms with Gasteiger partial charge in [0.25, 0.3) is 0 Å². The SMILES string of the molecule is O=C1OCC(F)(F)CO1. The summed E-state index contributed by atoms with van der Waals surface area (Å²) in [7, 11) is 0. The molecule has 0 aromatic heterocycles. The van der Waals surface area contributed by atoms with Gasteiger partial charge in [-0.05, 0) is 0 Å². The second kappa shape index (κ2) is 1.82. The zero-order chi connectivity index (χ0) is 6.91. The molecule has 0 spiro atoms. The molecule has 0 aliphatic carbocycles. The molecule has 0 aromatic carbocycles. The molecule has 1 aliphatic rings. The second-order valence-corrected chi connectivity index (χ2v) is 1.68. The molecule has 1 fully saturated rings. The minimum Gasteiger partial charge on any atom is -0.428 e. The molecular formula is C4H4F2O3. The normalized spacial score (nSPS) is 24.4. The number of carbonyl (C=O) groups excluding carboxylic acids is 1. The molecule has 0 amide bonds. The van der Waals surface area contributed by atoms with Gasteiger partial charge in [0.1, 0.15) is 0 Å². The Bertz CT molecular complexity index is 122. The maximum Gasteiger partial charge on any atom is 0.508 e. The third-order valence-electron chi connectivity index (χ3n) is 0.802. The third kappa shape index (κ3) is 1.51. The first-order valence-corrected chi connectivity index (χ1v) is 2.27. The van der Waals surface area contributed by atoms with Gasteiger partial charge < -0.3 is 9.47 Å². The van der Waals surface area contributed by atoms with Crippen LogP contribution < -0.4 is 0 Å². The summed E-state index contributed by atoms with van der Waals surface area (Å²) < 4.78 is 31.7. The van der Waals surface area contributed by atoms with Crippen LogP contribution in [-0.2, 0) is 9.47 Å². The number of hydrogen-bond acceptors (Lipinski definition) is 3. The van der Waals surface area contributed by atoms with E-state index in [2.05, 4.69) is 9.47 Å². The quantitative estimate of drug-likeness (QED) is 0.464. The molecular weight excluding hydrogens is 134 g/mol. The lowest BCUT2D eigenvalue weighted by molar-refractivity contribution is -0.142. The highest BCUT2D eigenvalue weighted by atomic mass is 19.3. The van der Waals surface area contributed by atoms with E-state index >= 15 is 0 Å². The smallest absolute Gasteiger partial charge is 0.428 e. The van der Waals surface area contributed by atoms with E-state index < -0.39 is 25.3 Å². The van der Waals surface area contributed by atoms with Crippen molar-refractivity contribution in [3.8, 4) is 0 Å². The topological polar surface area (TPSA) is 35.5 Å². The molecule has 1 aliphatic heterocycles. The Morgan fingerprint density at radius 1 is 1.33 bits per heavy atom. The van der Waals surface area contributed by atoms with E-state index in [0.29, 0.717) is 0 Å². The zero-order valence-electron chi connectivity index (χ0n) is 4.39. The molecule has 0 atom stereocenters. The molecule has 9 heavy (non-hydrogen) atoms. The van der Waals surface area contributed by atoms with Gasteiger partial charge in [0.2, 0.25) is 0 Å². The van der Waals surface area contributed by atoms with Crippen molar-refractivity contribution >= 4 is 6.16 Å². The lowest BCUT2D eigenvalue weighted by Gasteiger charge is -2.20. The van der Waals surface area contributed by atoms with Gasteiger partial charge in [-0.1, -0.05) is 0 Å². The van der Waals surface area contributed by atoms with Crippen LogP contribution in [-0.4, -0.2) is 25.3 Å². The van der Waals surface area contributed by atoms with Crippen LogP contribution in [0.1, 0.15) is 0 Å². The van der Waals surface area contributed by atoms with E-state index in [1.54, 1.807) is 0 Å². The Balaban J connectivity index is 2.44. The molecule has 0 aromatic rings. The van der Waals surface area contributed by atoms with Crippen molar-refractivity contribution in [1.29, 1.82) is 0 Å². The Labute approximate surface area is 49.5 Å². The lowest BCUT2D eigenvalue weighted by atomic mass is 10.4. The molecule has 0 N–H and O–H groups in total. The first-order valence-electron chi connectivity index (χ1n) is 2.27. The van der Waals surface area contributed by atoms with Gasteiger partial charge >= 0.3 is 12.1 Å². The van der Waals surface area contributed by atoms with Crippen LogP contribution in [0.25, 0.3) is 0 Å². The fourth-order valence-electron chi connectivity index (χ4n) is 0.412. The molecule has 0 radical (unpaired) electrons. The van der Waals surface area contributed by atoms with Crippen molar-refractivity contribution in [1.82, 2.24) is 0 Å². The summed E-state index contributed by atoms with van der Waals surface area (Å²) in [6.45, 7) is -1.74. The van der Waals surface area contributed by atoms with Crippen molar-refractivity contribution in [3.05, 3.63) is 0 Å². The zero-order valence-corrected chi connectivity index (χ0v) is 4.39. The van der Waals surface area contributed by atoms with Gasteiger partial charge in [-0.15, -0.1) is 0 Å². The molecule has 0 saturated carbocycles. The van der Waals surface area contributed by atoms with Crippen LogP contribution in [0.3, 0.4) is 0 Å². The minimum atomic E-state index is -3.01. The molecule has 5 heteroatoms. The number of carbonyl (C=O) groups is 1. The van der Waals surface area contributed by atoms with Crippen LogP contribution in [0.2, 0.25) is 0 Å². The fourth-order valence-corrected chi connectivity index (χ4v) is 0.412. The maximum absolute atomic E-state index is 12.0. The number of cyclic esters (lactones) is 2. The van der Waals surface area contributed by atoms with Crippen LogP contribution in [0.5, 0.6) is 0 Å². The predicted molar refractivity (Wildman–Crippen MR) is 22.2 cm³/mol. The molecule has 1 rings (SSSR count). The number of rotatable bonds is 0. The number of alkyl halides is 2. The monoisotopic (exact) mass is 138 g/mol. The van der Waals surface area contributed by atoms with Gasteiger partial charge in [0.05, 0.1) is 0 Å². The Hall–Kier alpha value is -0.870. The largest absolute Gasteiger partial charge is 0.508 e. The molecule has 1 saturated heterocycles. The predicted octanol–water partition coefficient (Wildman–Crippen LogP) is 0.788. The highest BCUT2D eigenvalue weighted by Crippen LogP contribution is 2.18. The highest BCUT2D eigenvalue weighted by Gasteiger charge is 2.37. The van der Waals surface area contributed by atoms with Crippen molar-refractivity contribution in [2.24, 2.45) is 0 Å². The number of halogens is 2. The van der Waals surface area contributed by atoms with E-state index in [4.69, 9.17) is 0 Å². The van der Waals surface area contributed by atoms with E-state index in [1.807, 2.05) is 0 Å². The summed E-state index contributed by atoms with van der Waals surface area (Å²) >= 11 is 0. The lowest BCUT2D eigenvalue weighted by Crippen LogP contribution is -2.37. The van der Waals surface area contributed by atoms with Crippen molar-refractivity contribution in [3.63, 3.8) is 0 Å². The summed E-state index contributed by atoms with van der Waals surface area (Å²) in [5.74, 6) is -3.01. The standard InChI is InChI=1S/C4H4F2O3/c5-4(6)1-8-3(7)9-2-4/h1-2H2. The fraction of sp³-hybridized carbons (Fsp3) is 0.750. The second-order valence-electron chi connectivity index (χ2n) is 1.68. The van der Waals surface area contributed by atoms with E-state index in [-0.39, 0.29) is 0 Å². The highest BCUT2D eigenvalue weighted by molar-refractivity contribution is 5.60. The van der Waals surface area contributed by atoms with Crippen molar-refractivity contribution in [2.75, 3.05) is 13.2 Å². The van der Waals surface area contributed by atoms with E-state index in [0.717, 1.165) is 0 Å².